The average molecular weight is 478 g/mol. The zero-order chi connectivity index (χ0) is 23.4. The van der Waals surface area contributed by atoms with Gasteiger partial charge in [0.2, 0.25) is 0 Å². The van der Waals surface area contributed by atoms with Gasteiger partial charge >= 0.3 is 0 Å². The van der Waals surface area contributed by atoms with Crippen molar-refractivity contribution in [1.29, 1.82) is 0 Å². The number of ketones is 1. The van der Waals surface area contributed by atoms with Crippen LogP contribution in [0.2, 0.25) is 5.02 Å². The Hall–Kier alpha value is -2.71. The molecule has 2 aromatic rings. The summed E-state index contributed by atoms with van der Waals surface area (Å²) in [7, 11) is 0. The van der Waals surface area contributed by atoms with Crippen molar-refractivity contribution in [2.45, 2.75) is 49.9 Å². The summed E-state index contributed by atoms with van der Waals surface area (Å²) in [6.45, 7) is -0.310. The average Bonchev–Trinajstić information content (AvgIpc) is 2.72. The van der Waals surface area contributed by atoms with E-state index in [1.807, 2.05) is 0 Å². The maximum Gasteiger partial charge on any atom is 0.258 e. The molecule has 0 spiro atoms. The molecule has 2 atom stereocenters. The monoisotopic (exact) mass is 477 g/mol. The summed E-state index contributed by atoms with van der Waals surface area (Å²) >= 11 is 5.97. The third kappa shape index (κ3) is 4.17. The SMILES string of the molecule is O=C(COc1ccc(F)c(F)c1)NC12CC(CC(=O)[C@H]3C[C@@H](O)c4cc(Cl)ccc4O3)(C1)C2. The summed E-state index contributed by atoms with van der Waals surface area (Å²) < 4.78 is 37.2. The van der Waals surface area contributed by atoms with Crippen LogP contribution in [-0.4, -0.2) is 35.0 Å². The molecule has 1 heterocycles. The van der Waals surface area contributed by atoms with E-state index in [-0.39, 0.29) is 41.4 Å². The van der Waals surface area contributed by atoms with Crippen LogP contribution in [0.25, 0.3) is 0 Å². The van der Waals surface area contributed by atoms with Gasteiger partial charge in [-0.1, -0.05) is 11.6 Å². The number of aliphatic hydroxyl groups is 1. The van der Waals surface area contributed by atoms with Gasteiger partial charge in [0.05, 0.1) is 6.10 Å². The highest BCUT2D eigenvalue weighted by molar-refractivity contribution is 6.30. The Labute approximate surface area is 193 Å². The lowest BCUT2D eigenvalue weighted by Crippen LogP contribution is -2.75. The van der Waals surface area contributed by atoms with Gasteiger partial charge < -0.3 is 19.9 Å². The number of aliphatic hydroxyl groups excluding tert-OH is 1. The van der Waals surface area contributed by atoms with Gasteiger partial charge in [-0.25, -0.2) is 8.78 Å². The highest BCUT2D eigenvalue weighted by Crippen LogP contribution is 2.69. The Morgan fingerprint density at radius 2 is 1.91 bits per heavy atom. The molecule has 174 valence electrons. The maximum atomic E-state index is 13.2. The third-order valence-corrected chi connectivity index (χ3v) is 6.99. The second kappa shape index (κ2) is 7.95. The van der Waals surface area contributed by atoms with E-state index in [0.29, 0.717) is 42.0 Å². The highest BCUT2D eigenvalue weighted by atomic mass is 35.5. The van der Waals surface area contributed by atoms with Gasteiger partial charge in [-0.2, -0.15) is 0 Å². The van der Waals surface area contributed by atoms with Crippen LogP contribution in [0, 0.1) is 17.0 Å². The Morgan fingerprint density at radius 1 is 1.15 bits per heavy atom. The molecule has 1 amide bonds. The van der Waals surface area contributed by atoms with Gasteiger partial charge in [0.1, 0.15) is 11.5 Å². The van der Waals surface area contributed by atoms with Crippen LogP contribution >= 0.6 is 11.6 Å². The lowest BCUT2D eigenvalue weighted by molar-refractivity contribution is -0.175. The number of hydrogen-bond donors (Lipinski definition) is 2. The molecule has 33 heavy (non-hydrogen) atoms. The summed E-state index contributed by atoms with van der Waals surface area (Å²) in [4.78, 5) is 25.1. The topological polar surface area (TPSA) is 84.9 Å². The zero-order valence-electron chi connectivity index (χ0n) is 17.6. The number of Topliss-reactive ketones (excluding diaryl/α,β-unsaturated/α-hetero) is 1. The van der Waals surface area contributed by atoms with E-state index < -0.39 is 23.8 Å². The van der Waals surface area contributed by atoms with Crippen molar-refractivity contribution in [3.63, 3.8) is 0 Å². The number of carbonyl (C=O) groups excluding carboxylic acids is 2. The highest BCUT2D eigenvalue weighted by Gasteiger charge is 2.68. The number of carbonyl (C=O) groups is 2. The number of ether oxygens (including phenoxy) is 2. The minimum absolute atomic E-state index is 0.0593. The van der Waals surface area contributed by atoms with Gasteiger partial charge in [-0.3, -0.25) is 9.59 Å². The van der Waals surface area contributed by atoms with Crippen LogP contribution in [0.3, 0.4) is 0 Å². The molecule has 0 aromatic heterocycles. The van der Waals surface area contributed by atoms with Crippen molar-refractivity contribution in [3.8, 4) is 11.5 Å². The third-order valence-electron chi connectivity index (χ3n) is 6.75. The fraction of sp³-hybridized carbons (Fsp3) is 0.417. The van der Waals surface area contributed by atoms with Crippen molar-refractivity contribution in [1.82, 2.24) is 5.32 Å². The smallest absolute Gasteiger partial charge is 0.258 e. The molecule has 1 aliphatic heterocycles. The fourth-order valence-electron chi connectivity index (χ4n) is 5.46. The molecular weight excluding hydrogens is 456 g/mol. The van der Waals surface area contributed by atoms with Gasteiger partial charge in [-0.05, 0) is 55.0 Å². The van der Waals surface area contributed by atoms with Crippen molar-refractivity contribution in [3.05, 3.63) is 58.6 Å². The minimum atomic E-state index is -1.04. The Balaban J connectivity index is 1.10. The predicted molar refractivity (Wildman–Crippen MR) is 114 cm³/mol. The standard InChI is InChI=1S/C24H22ClF2NO5/c25-13-1-4-20-15(5-13)18(29)7-21(33-20)19(30)8-23-10-24(11-23,12-23)28-22(31)9-32-14-2-3-16(26)17(27)6-14/h1-6,18,21,29H,7-12H2,(H,28,31)/t18-,21-,23?,24?/m1/s1. The van der Waals surface area contributed by atoms with Gasteiger partial charge in [0, 0.05) is 35.0 Å². The number of fused-ring (bicyclic) bond motifs is 1. The maximum absolute atomic E-state index is 13.2. The first-order valence-corrected chi connectivity index (χ1v) is 11.1. The van der Waals surface area contributed by atoms with Crippen molar-refractivity contribution < 1.29 is 33.0 Å². The summed E-state index contributed by atoms with van der Waals surface area (Å²) in [5.41, 5.74) is 0.0922. The van der Waals surface area contributed by atoms with Crippen LogP contribution in [0.4, 0.5) is 8.78 Å². The second-order valence-electron chi connectivity index (χ2n) is 9.41. The first kappa shape index (κ1) is 22.1. The van der Waals surface area contributed by atoms with Crippen LogP contribution in [-0.2, 0) is 9.59 Å². The van der Waals surface area contributed by atoms with Crippen LogP contribution in [0.5, 0.6) is 11.5 Å². The van der Waals surface area contributed by atoms with Crippen molar-refractivity contribution in [2.75, 3.05) is 6.61 Å². The van der Waals surface area contributed by atoms with Gasteiger partial charge in [0.25, 0.3) is 5.91 Å². The fourth-order valence-corrected chi connectivity index (χ4v) is 5.64. The number of rotatable bonds is 7. The molecular formula is C24H22ClF2NO5. The predicted octanol–water partition coefficient (Wildman–Crippen LogP) is 3.88. The molecule has 2 aromatic carbocycles. The van der Waals surface area contributed by atoms with Crippen LogP contribution < -0.4 is 14.8 Å². The van der Waals surface area contributed by atoms with Crippen molar-refractivity contribution >= 4 is 23.3 Å². The molecule has 6 rings (SSSR count). The Kier molecular flexibility index (Phi) is 5.33. The van der Waals surface area contributed by atoms with Gasteiger partial charge in [0.15, 0.2) is 30.1 Å². The summed E-state index contributed by atoms with van der Waals surface area (Å²) in [6.07, 6.45) is 1.05. The van der Waals surface area contributed by atoms with E-state index in [1.54, 1.807) is 18.2 Å². The van der Waals surface area contributed by atoms with E-state index in [2.05, 4.69) is 5.32 Å². The zero-order valence-corrected chi connectivity index (χ0v) is 18.3. The molecule has 9 heteroatoms. The van der Waals surface area contributed by atoms with E-state index >= 15 is 0 Å². The lowest BCUT2D eigenvalue weighted by atomic mass is 9.38. The number of amides is 1. The quantitative estimate of drug-likeness (QED) is 0.632. The largest absolute Gasteiger partial charge is 0.484 e. The van der Waals surface area contributed by atoms with Gasteiger partial charge in [-0.15, -0.1) is 0 Å². The van der Waals surface area contributed by atoms with E-state index in [4.69, 9.17) is 21.1 Å². The molecule has 0 unspecified atom stereocenters. The van der Waals surface area contributed by atoms with E-state index in [9.17, 15) is 23.5 Å². The molecule has 2 N–H and O–H groups in total. The number of hydrogen-bond acceptors (Lipinski definition) is 5. The van der Waals surface area contributed by atoms with E-state index in [1.165, 1.54) is 6.07 Å². The molecule has 3 saturated carbocycles. The number of benzene rings is 2. The molecule has 4 aliphatic rings. The van der Waals surface area contributed by atoms with Crippen LogP contribution in [0.1, 0.15) is 43.8 Å². The Morgan fingerprint density at radius 3 is 2.64 bits per heavy atom. The molecule has 3 aliphatic carbocycles. The molecule has 2 bridgehead atoms. The first-order valence-electron chi connectivity index (χ1n) is 10.7. The normalized spacial score (nSPS) is 29.1. The molecule has 6 nitrogen and oxygen atoms in total. The lowest BCUT2D eigenvalue weighted by Gasteiger charge is -2.70. The summed E-state index contributed by atoms with van der Waals surface area (Å²) in [6, 6.07) is 8.05. The van der Waals surface area contributed by atoms with Crippen LogP contribution in [0.15, 0.2) is 36.4 Å². The Bertz CT molecular complexity index is 1120. The summed E-state index contributed by atoms with van der Waals surface area (Å²) in [5.74, 6) is -1.90. The van der Waals surface area contributed by atoms with Crippen molar-refractivity contribution in [2.24, 2.45) is 5.41 Å². The number of nitrogens with one attached hydrogen (secondary N) is 1. The molecule has 3 fully saturated rings. The number of halogens is 3. The summed E-state index contributed by atoms with van der Waals surface area (Å²) in [5, 5.41) is 13.8. The molecule has 0 saturated heterocycles. The molecule has 0 radical (unpaired) electrons. The van der Waals surface area contributed by atoms with E-state index in [0.717, 1.165) is 12.1 Å². The first-order chi connectivity index (χ1) is 15.7. The second-order valence-corrected chi connectivity index (χ2v) is 9.84. The minimum Gasteiger partial charge on any atom is -0.484 e.